The van der Waals surface area contributed by atoms with Gasteiger partial charge in [0.05, 0.1) is 4.34 Å². The molecule has 0 saturated heterocycles. The molecule has 2 aromatic heterocycles. The van der Waals surface area contributed by atoms with E-state index >= 15 is 0 Å². The summed E-state index contributed by atoms with van der Waals surface area (Å²) in [5, 5.41) is 0. The van der Waals surface area contributed by atoms with Gasteiger partial charge in [-0.25, -0.2) is 18.1 Å². The fourth-order valence-corrected chi connectivity index (χ4v) is 4.14. The number of halogens is 2. The molecule has 0 unspecified atom stereocenters. The van der Waals surface area contributed by atoms with E-state index in [9.17, 15) is 8.42 Å². The summed E-state index contributed by atoms with van der Waals surface area (Å²) in [5.41, 5.74) is 0. The summed E-state index contributed by atoms with van der Waals surface area (Å²) in [4.78, 5) is 6.31. The van der Waals surface area contributed by atoms with Gasteiger partial charge in [-0.05, 0) is 6.07 Å². The molecule has 16 heavy (non-hydrogen) atoms. The molecule has 2 aromatic rings. The van der Waals surface area contributed by atoms with Crippen LogP contribution in [0, 0.1) is 0 Å². The van der Waals surface area contributed by atoms with E-state index in [0.717, 1.165) is 11.3 Å². The summed E-state index contributed by atoms with van der Waals surface area (Å²) in [5.74, 6) is 0.124. The number of rotatable bonds is 3. The molecule has 0 atom stereocenters. The van der Waals surface area contributed by atoms with Crippen LogP contribution in [0.4, 0.5) is 5.95 Å². The van der Waals surface area contributed by atoms with E-state index in [1.165, 1.54) is 18.5 Å². The van der Waals surface area contributed by atoms with Crippen LogP contribution in [0.1, 0.15) is 0 Å². The number of nitrogens with zero attached hydrogens (tertiary/aromatic N) is 1. The normalized spacial score (nSPS) is 11.6. The predicted molar refractivity (Wildman–Crippen MR) is 63.7 cm³/mol. The highest BCUT2D eigenvalue weighted by atomic mass is 35.5. The molecule has 2 N–H and O–H groups in total. The summed E-state index contributed by atoms with van der Waals surface area (Å²) in [7, 11) is -3.74. The number of anilines is 1. The minimum absolute atomic E-state index is 0.0550. The van der Waals surface area contributed by atoms with Gasteiger partial charge in [0.2, 0.25) is 5.95 Å². The Kier molecular flexibility index (Phi) is 3.11. The maximum Gasteiger partial charge on any atom is 0.266 e. The van der Waals surface area contributed by atoms with Crippen LogP contribution >= 0.6 is 34.5 Å². The van der Waals surface area contributed by atoms with Gasteiger partial charge in [0.15, 0.2) is 0 Å². The second-order valence-corrected chi connectivity index (χ2v) is 6.67. The van der Waals surface area contributed by atoms with Crippen LogP contribution < -0.4 is 4.72 Å². The minimum atomic E-state index is -3.74. The molecule has 0 aliphatic rings. The first-order valence-corrected chi connectivity index (χ1v) is 7.01. The topological polar surface area (TPSA) is 74.8 Å². The molecular formula is C7H5Cl2N3O2S2. The first-order chi connectivity index (χ1) is 7.49. The molecule has 0 amide bonds. The van der Waals surface area contributed by atoms with Crippen molar-refractivity contribution in [3.05, 3.63) is 27.1 Å². The molecule has 86 valence electrons. The Labute approximate surface area is 105 Å². The lowest BCUT2D eigenvalue weighted by Gasteiger charge is -2.02. The van der Waals surface area contributed by atoms with Gasteiger partial charge in [-0.3, -0.25) is 0 Å². The molecule has 0 aromatic carbocycles. The van der Waals surface area contributed by atoms with E-state index < -0.39 is 10.0 Å². The third-order valence-corrected chi connectivity index (χ3v) is 4.74. The van der Waals surface area contributed by atoms with Gasteiger partial charge < -0.3 is 4.98 Å². The van der Waals surface area contributed by atoms with Crippen LogP contribution in [0.25, 0.3) is 0 Å². The van der Waals surface area contributed by atoms with E-state index in [1.807, 2.05) is 0 Å². The standard InChI is InChI=1S/C7H5Cl2N3O2S2/c8-5-3-4(6(9)15-5)16(13,14)12-7-10-1-2-11-7/h1-3H,(H2,10,11,12). The number of H-pyrrole nitrogens is 1. The lowest BCUT2D eigenvalue weighted by molar-refractivity contribution is 0.601. The Morgan fingerprint density at radius 1 is 1.44 bits per heavy atom. The molecule has 0 bridgehead atoms. The van der Waals surface area contributed by atoms with Gasteiger partial charge in [-0.1, -0.05) is 23.2 Å². The van der Waals surface area contributed by atoms with E-state index in [0.29, 0.717) is 4.34 Å². The minimum Gasteiger partial charge on any atom is -0.330 e. The lowest BCUT2D eigenvalue weighted by Crippen LogP contribution is -2.13. The Morgan fingerprint density at radius 3 is 2.69 bits per heavy atom. The number of aromatic amines is 1. The molecule has 0 fully saturated rings. The molecule has 9 heteroatoms. The highest BCUT2D eigenvalue weighted by Gasteiger charge is 2.21. The molecule has 0 aliphatic carbocycles. The predicted octanol–water partition coefficient (Wildman–Crippen LogP) is 2.58. The molecule has 0 spiro atoms. The molecule has 2 rings (SSSR count). The SMILES string of the molecule is O=S(=O)(Nc1ncc[nH]1)c1cc(Cl)sc1Cl. The quantitative estimate of drug-likeness (QED) is 0.914. The number of nitrogens with one attached hydrogen (secondary N) is 2. The van der Waals surface area contributed by atoms with Gasteiger partial charge in [-0.15, -0.1) is 11.3 Å². The average molecular weight is 298 g/mol. The van der Waals surface area contributed by atoms with Crippen LogP contribution in [0.2, 0.25) is 8.67 Å². The van der Waals surface area contributed by atoms with Gasteiger partial charge >= 0.3 is 0 Å². The summed E-state index contributed by atoms with van der Waals surface area (Å²) in [6.45, 7) is 0. The van der Waals surface area contributed by atoms with Crippen molar-refractivity contribution in [2.75, 3.05) is 4.72 Å². The third kappa shape index (κ3) is 2.32. The average Bonchev–Trinajstić information content (AvgIpc) is 2.75. The second kappa shape index (κ2) is 4.25. The Hall–Kier alpha value is -0.760. The molecule has 2 heterocycles. The number of thiophene rings is 1. The summed E-state index contributed by atoms with van der Waals surface area (Å²) >= 11 is 12.4. The zero-order valence-corrected chi connectivity index (χ0v) is 10.7. The summed E-state index contributed by atoms with van der Waals surface area (Å²) in [6.07, 6.45) is 2.93. The largest absolute Gasteiger partial charge is 0.330 e. The Bertz CT molecular complexity index is 591. The molecule has 5 nitrogen and oxygen atoms in total. The van der Waals surface area contributed by atoms with Gasteiger partial charge in [0.1, 0.15) is 9.23 Å². The van der Waals surface area contributed by atoms with Crippen molar-refractivity contribution < 1.29 is 8.42 Å². The number of sulfonamides is 1. The third-order valence-electron chi connectivity index (χ3n) is 1.64. The summed E-state index contributed by atoms with van der Waals surface area (Å²) in [6, 6.07) is 1.29. The van der Waals surface area contributed by atoms with Crippen molar-refractivity contribution in [1.29, 1.82) is 0 Å². The fourth-order valence-electron chi connectivity index (χ4n) is 1.01. The Morgan fingerprint density at radius 2 is 2.19 bits per heavy atom. The van der Waals surface area contributed by atoms with Crippen molar-refractivity contribution >= 4 is 50.5 Å². The van der Waals surface area contributed by atoms with Crippen molar-refractivity contribution in [2.45, 2.75) is 4.90 Å². The van der Waals surface area contributed by atoms with E-state index in [-0.39, 0.29) is 15.2 Å². The molecule has 0 saturated carbocycles. The maximum absolute atomic E-state index is 11.8. The zero-order chi connectivity index (χ0) is 11.8. The molecular weight excluding hydrogens is 293 g/mol. The van der Waals surface area contributed by atoms with E-state index in [4.69, 9.17) is 23.2 Å². The van der Waals surface area contributed by atoms with Crippen molar-refractivity contribution in [1.82, 2.24) is 9.97 Å². The number of hydrogen-bond acceptors (Lipinski definition) is 4. The lowest BCUT2D eigenvalue weighted by atomic mass is 10.7. The van der Waals surface area contributed by atoms with Gasteiger partial charge in [0, 0.05) is 12.4 Å². The first-order valence-electron chi connectivity index (χ1n) is 3.96. The molecule has 0 radical (unpaired) electrons. The highest BCUT2D eigenvalue weighted by Crippen LogP contribution is 2.34. The van der Waals surface area contributed by atoms with Crippen molar-refractivity contribution in [3.8, 4) is 0 Å². The van der Waals surface area contributed by atoms with Crippen LogP contribution in [-0.4, -0.2) is 18.4 Å². The van der Waals surface area contributed by atoms with Crippen LogP contribution in [0.3, 0.4) is 0 Å². The van der Waals surface area contributed by atoms with E-state index in [1.54, 1.807) is 0 Å². The van der Waals surface area contributed by atoms with Gasteiger partial charge in [-0.2, -0.15) is 0 Å². The number of imidazole rings is 1. The van der Waals surface area contributed by atoms with Crippen LogP contribution in [-0.2, 0) is 10.0 Å². The fraction of sp³-hybridized carbons (Fsp3) is 0. The molecule has 0 aliphatic heterocycles. The second-order valence-electron chi connectivity index (χ2n) is 2.73. The maximum atomic E-state index is 11.8. The van der Waals surface area contributed by atoms with Gasteiger partial charge in [0.25, 0.3) is 10.0 Å². The number of hydrogen-bond donors (Lipinski definition) is 2. The smallest absolute Gasteiger partial charge is 0.266 e. The van der Waals surface area contributed by atoms with Crippen LogP contribution in [0.15, 0.2) is 23.4 Å². The van der Waals surface area contributed by atoms with E-state index in [2.05, 4.69) is 14.7 Å². The van der Waals surface area contributed by atoms with Crippen LogP contribution in [0.5, 0.6) is 0 Å². The monoisotopic (exact) mass is 297 g/mol. The first kappa shape index (κ1) is 11.7. The van der Waals surface area contributed by atoms with Crippen molar-refractivity contribution in [2.24, 2.45) is 0 Å². The summed E-state index contributed by atoms with van der Waals surface area (Å²) < 4.78 is 26.3. The van der Waals surface area contributed by atoms with Crippen molar-refractivity contribution in [3.63, 3.8) is 0 Å². The highest BCUT2D eigenvalue weighted by molar-refractivity contribution is 7.93. The Balaban J connectivity index is 2.36. The number of aromatic nitrogens is 2. The zero-order valence-electron chi connectivity index (χ0n) is 7.57.